The molecule has 1 aliphatic carbocycles. The Morgan fingerprint density at radius 2 is 2.07 bits per heavy atom. The van der Waals surface area contributed by atoms with Crippen molar-refractivity contribution in [3.8, 4) is 0 Å². The van der Waals surface area contributed by atoms with Crippen LogP contribution in [0.3, 0.4) is 0 Å². The highest BCUT2D eigenvalue weighted by atomic mass is 16.3. The zero-order chi connectivity index (χ0) is 10.1. The Hall–Kier alpha value is -0.0800. The summed E-state index contributed by atoms with van der Waals surface area (Å²) in [4.78, 5) is 2.53. The molecule has 1 saturated carbocycles. The van der Waals surface area contributed by atoms with Crippen LogP contribution >= 0.6 is 0 Å². The second-order valence-corrected chi connectivity index (χ2v) is 5.57. The van der Waals surface area contributed by atoms with E-state index in [1.807, 2.05) is 0 Å². The van der Waals surface area contributed by atoms with E-state index in [9.17, 15) is 5.11 Å². The Morgan fingerprint density at radius 1 is 1.36 bits per heavy atom. The molecule has 1 N–H and O–H groups in total. The van der Waals surface area contributed by atoms with Crippen molar-refractivity contribution in [3.05, 3.63) is 0 Å². The maximum Gasteiger partial charge on any atom is 0.0682 e. The molecule has 0 bridgehead atoms. The Balaban J connectivity index is 1.84. The van der Waals surface area contributed by atoms with E-state index < -0.39 is 0 Å². The first kappa shape index (κ1) is 10.4. The average Bonchev–Trinajstić information content (AvgIpc) is 2.79. The Labute approximate surface area is 87.3 Å². The molecule has 0 aromatic heterocycles. The van der Waals surface area contributed by atoms with Crippen LogP contribution in [0.15, 0.2) is 0 Å². The Morgan fingerprint density at radius 3 is 2.64 bits per heavy atom. The van der Waals surface area contributed by atoms with Crippen LogP contribution in [0, 0.1) is 11.8 Å². The van der Waals surface area contributed by atoms with Gasteiger partial charge in [0.25, 0.3) is 0 Å². The fraction of sp³-hybridized carbons (Fsp3) is 1.00. The minimum Gasteiger partial charge on any atom is -0.392 e. The van der Waals surface area contributed by atoms with Crippen molar-refractivity contribution >= 4 is 0 Å². The molecule has 0 aromatic rings. The van der Waals surface area contributed by atoms with Crippen molar-refractivity contribution in [2.24, 2.45) is 11.8 Å². The molecule has 14 heavy (non-hydrogen) atoms. The second-order valence-electron chi connectivity index (χ2n) is 5.57. The number of hydrogen-bond donors (Lipinski definition) is 1. The average molecular weight is 197 g/mol. The molecule has 2 heteroatoms. The molecule has 0 radical (unpaired) electrons. The van der Waals surface area contributed by atoms with E-state index in [1.165, 1.54) is 25.8 Å². The maximum absolute atomic E-state index is 9.67. The van der Waals surface area contributed by atoms with Crippen molar-refractivity contribution in [2.75, 3.05) is 13.1 Å². The minimum atomic E-state index is -0.0579. The quantitative estimate of drug-likeness (QED) is 0.744. The normalized spacial score (nSPS) is 34.3. The van der Waals surface area contributed by atoms with Gasteiger partial charge in [0.2, 0.25) is 0 Å². The van der Waals surface area contributed by atoms with Gasteiger partial charge in [0.05, 0.1) is 6.10 Å². The summed E-state index contributed by atoms with van der Waals surface area (Å²) in [7, 11) is 0. The molecule has 2 atom stereocenters. The lowest BCUT2D eigenvalue weighted by Crippen LogP contribution is -2.32. The molecule has 0 spiro atoms. The van der Waals surface area contributed by atoms with Gasteiger partial charge in [0, 0.05) is 19.1 Å². The molecule has 1 heterocycles. The van der Waals surface area contributed by atoms with Crippen molar-refractivity contribution in [3.63, 3.8) is 0 Å². The molecular weight excluding hydrogens is 174 g/mol. The van der Waals surface area contributed by atoms with E-state index >= 15 is 0 Å². The van der Waals surface area contributed by atoms with Gasteiger partial charge in [-0.05, 0) is 37.5 Å². The van der Waals surface area contributed by atoms with Crippen molar-refractivity contribution in [2.45, 2.75) is 51.7 Å². The molecule has 0 amide bonds. The molecule has 2 rings (SSSR count). The standard InChI is InChI=1S/C12H23NO/c1-9(2)5-11-6-12(14)8-13(11)7-10-3-4-10/h9-12,14H,3-8H2,1-2H3/t11-,12+/m0/s1. The third-order valence-corrected chi connectivity index (χ3v) is 3.44. The minimum absolute atomic E-state index is 0.0579. The topological polar surface area (TPSA) is 23.5 Å². The molecule has 1 saturated heterocycles. The van der Waals surface area contributed by atoms with E-state index in [-0.39, 0.29) is 6.10 Å². The van der Waals surface area contributed by atoms with Gasteiger partial charge < -0.3 is 5.11 Å². The first-order chi connectivity index (χ1) is 6.65. The largest absolute Gasteiger partial charge is 0.392 e. The highest BCUT2D eigenvalue weighted by Crippen LogP contribution is 2.33. The van der Waals surface area contributed by atoms with Crippen LogP contribution in [0.5, 0.6) is 0 Å². The monoisotopic (exact) mass is 197 g/mol. The number of β-amino-alcohol motifs (C(OH)–C–C–N with tert-alkyl or cyclic N) is 1. The van der Waals surface area contributed by atoms with Crippen LogP contribution in [-0.2, 0) is 0 Å². The third kappa shape index (κ3) is 2.71. The molecule has 0 unspecified atom stereocenters. The zero-order valence-corrected chi connectivity index (χ0v) is 9.45. The van der Waals surface area contributed by atoms with Gasteiger partial charge >= 0.3 is 0 Å². The number of likely N-dealkylation sites (tertiary alicyclic amines) is 1. The number of rotatable bonds is 4. The predicted molar refractivity (Wildman–Crippen MR) is 58.2 cm³/mol. The number of aliphatic hydroxyl groups excluding tert-OH is 1. The number of nitrogens with zero attached hydrogens (tertiary/aromatic N) is 1. The van der Waals surface area contributed by atoms with E-state index in [2.05, 4.69) is 18.7 Å². The fourth-order valence-electron chi connectivity index (χ4n) is 2.60. The lowest BCUT2D eigenvalue weighted by molar-refractivity contribution is 0.171. The zero-order valence-electron chi connectivity index (χ0n) is 9.45. The summed E-state index contributed by atoms with van der Waals surface area (Å²) in [5.41, 5.74) is 0. The van der Waals surface area contributed by atoms with Gasteiger partial charge in [0.1, 0.15) is 0 Å². The molecular formula is C12H23NO. The van der Waals surface area contributed by atoms with Crippen molar-refractivity contribution < 1.29 is 5.11 Å². The molecule has 2 aliphatic rings. The predicted octanol–water partition coefficient (Wildman–Crippen LogP) is 1.88. The maximum atomic E-state index is 9.67. The summed E-state index contributed by atoms with van der Waals surface area (Å²) < 4.78 is 0. The first-order valence-electron chi connectivity index (χ1n) is 6.07. The lowest BCUT2D eigenvalue weighted by Gasteiger charge is -2.25. The van der Waals surface area contributed by atoms with Crippen LogP contribution in [0.2, 0.25) is 0 Å². The highest BCUT2D eigenvalue weighted by molar-refractivity contribution is 4.89. The highest BCUT2D eigenvalue weighted by Gasteiger charge is 2.34. The van der Waals surface area contributed by atoms with Crippen LogP contribution in [0.4, 0.5) is 0 Å². The number of aliphatic hydroxyl groups is 1. The van der Waals surface area contributed by atoms with E-state index in [0.29, 0.717) is 6.04 Å². The summed E-state index contributed by atoms with van der Waals surface area (Å²) in [5, 5.41) is 9.67. The summed E-state index contributed by atoms with van der Waals surface area (Å²) in [5.74, 6) is 1.71. The van der Waals surface area contributed by atoms with Crippen molar-refractivity contribution in [1.29, 1.82) is 0 Å². The Kier molecular flexibility index (Phi) is 3.13. The Bertz CT molecular complexity index is 177. The van der Waals surface area contributed by atoms with Crippen LogP contribution in [0.25, 0.3) is 0 Å². The van der Waals surface area contributed by atoms with Crippen LogP contribution < -0.4 is 0 Å². The van der Waals surface area contributed by atoms with E-state index in [0.717, 1.165) is 24.8 Å². The summed E-state index contributed by atoms with van der Waals surface area (Å²) >= 11 is 0. The van der Waals surface area contributed by atoms with Crippen LogP contribution in [0.1, 0.15) is 39.5 Å². The first-order valence-corrected chi connectivity index (χ1v) is 6.07. The summed E-state index contributed by atoms with van der Waals surface area (Å²) in [6, 6.07) is 0.658. The van der Waals surface area contributed by atoms with Gasteiger partial charge in [-0.1, -0.05) is 13.8 Å². The molecule has 2 nitrogen and oxygen atoms in total. The van der Waals surface area contributed by atoms with E-state index in [4.69, 9.17) is 0 Å². The van der Waals surface area contributed by atoms with E-state index in [1.54, 1.807) is 0 Å². The van der Waals surface area contributed by atoms with Gasteiger partial charge in [0.15, 0.2) is 0 Å². The van der Waals surface area contributed by atoms with Gasteiger partial charge in [-0.2, -0.15) is 0 Å². The van der Waals surface area contributed by atoms with Gasteiger partial charge in [-0.25, -0.2) is 0 Å². The molecule has 0 aromatic carbocycles. The third-order valence-electron chi connectivity index (χ3n) is 3.44. The SMILES string of the molecule is CC(C)C[C@H]1C[C@@H](O)CN1CC1CC1. The fourth-order valence-corrected chi connectivity index (χ4v) is 2.60. The number of hydrogen-bond acceptors (Lipinski definition) is 2. The lowest BCUT2D eigenvalue weighted by atomic mass is 10.0. The van der Waals surface area contributed by atoms with Crippen molar-refractivity contribution in [1.82, 2.24) is 4.90 Å². The second kappa shape index (κ2) is 4.19. The molecule has 2 fully saturated rings. The molecule has 82 valence electrons. The molecule has 1 aliphatic heterocycles. The summed E-state index contributed by atoms with van der Waals surface area (Å²) in [6.45, 7) is 6.72. The van der Waals surface area contributed by atoms with Gasteiger partial charge in [-0.3, -0.25) is 4.90 Å². The summed E-state index contributed by atoms with van der Waals surface area (Å²) in [6.07, 6.45) is 5.04. The smallest absolute Gasteiger partial charge is 0.0682 e. The van der Waals surface area contributed by atoms with Crippen LogP contribution in [-0.4, -0.2) is 35.2 Å². The van der Waals surface area contributed by atoms with Gasteiger partial charge in [-0.15, -0.1) is 0 Å².